The third-order valence-electron chi connectivity index (χ3n) is 5.70. The van der Waals surface area contributed by atoms with E-state index in [1.54, 1.807) is 13.8 Å². The number of esters is 1. The number of aryl methyl sites for hydroxylation is 2. The van der Waals surface area contributed by atoms with E-state index in [9.17, 15) is 9.59 Å². The molecular formula is C18H26N4O4S. The van der Waals surface area contributed by atoms with Gasteiger partial charge < -0.3 is 24.4 Å². The second-order valence-electron chi connectivity index (χ2n) is 7.40. The first kappa shape index (κ1) is 19.6. The van der Waals surface area contributed by atoms with Gasteiger partial charge in [0.1, 0.15) is 17.9 Å². The number of likely N-dealkylation sites (tertiary alicyclic amines) is 2. The number of nitrogens with zero attached hydrogens (tertiary/aromatic N) is 3. The highest BCUT2D eigenvalue weighted by Gasteiger charge is 2.42. The van der Waals surface area contributed by atoms with E-state index >= 15 is 0 Å². The Labute approximate surface area is 164 Å². The van der Waals surface area contributed by atoms with Crippen molar-refractivity contribution in [2.45, 2.75) is 33.1 Å². The van der Waals surface area contributed by atoms with Crippen molar-refractivity contribution in [2.75, 3.05) is 39.8 Å². The third-order valence-corrected chi connectivity index (χ3v) is 6.10. The molecule has 2 aliphatic rings. The second kappa shape index (κ2) is 7.84. The van der Waals surface area contributed by atoms with E-state index in [0.29, 0.717) is 22.1 Å². The number of aromatic nitrogens is 1. The summed E-state index contributed by atoms with van der Waals surface area (Å²) in [6.07, 6.45) is 2.93. The molecule has 0 aromatic carbocycles. The fraction of sp³-hybridized carbons (Fsp3) is 0.667. The van der Waals surface area contributed by atoms with Crippen molar-refractivity contribution in [1.82, 2.24) is 20.3 Å². The van der Waals surface area contributed by atoms with Crippen molar-refractivity contribution >= 4 is 29.2 Å². The van der Waals surface area contributed by atoms with Crippen LogP contribution in [0.15, 0.2) is 4.52 Å². The Balaban J connectivity index is 1.54. The number of hydrogen-bond donors (Lipinski definition) is 1. The van der Waals surface area contributed by atoms with Gasteiger partial charge in [0.25, 0.3) is 5.91 Å². The molecule has 1 spiro atoms. The third kappa shape index (κ3) is 4.07. The molecule has 0 unspecified atom stereocenters. The molecule has 0 atom stereocenters. The van der Waals surface area contributed by atoms with Gasteiger partial charge in [0.05, 0.1) is 12.8 Å². The van der Waals surface area contributed by atoms with Crippen molar-refractivity contribution < 1.29 is 18.8 Å². The highest BCUT2D eigenvalue weighted by Crippen LogP contribution is 2.40. The average Bonchev–Trinajstić information content (AvgIpc) is 3.23. The van der Waals surface area contributed by atoms with E-state index in [1.165, 1.54) is 7.11 Å². The molecular weight excluding hydrogens is 368 g/mol. The molecule has 0 saturated carbocycles. The van der Waals surface area contributed by atoms with Gasteiger partial charge in [-0.2, -0.15) is 0 Å². The smallest absolute Gasteiger partial charge is 0.325 e. The molecule has 2 fully saturated rings. The topological polar surface area (TPSA) is 87.9 Å². The molecule has 3 heterocycles. The minimum atomic E-state index is -0.336. The lowest BCUT2D eigenvalue weighted by molar-refractivity contribution is -0.139. The van der Waals surface area contributed by atoms with Gasteiger partial charge in [-0.15, -0.1) is 0 Å². The van der Waals surface area contributed by atoms with Gasteiger partial charge in [-0.1, -0.05) is 5.16 Å². The SMILES string of the molecule is COC(=O)CNC(=S)N1CCC2(CCN(C(=O)c3c(C)noc3C)CC2)C1. The van der Waals surface area contributed by atoms with Crippen LogP contribution in [0.1, 0.15) is 41.1 Å². The van der Waals surface area contributed by atoms with Crippen LogP contribution in [0.25, 0.3) is 0 Å². The van der Waals surface area contributed by atoms with Crippen LogP contribution >= 0.6 is 12.2 Å². The minimum absolute atomic E-state index is 0.00576. The Kier molecular flexibility index (Phi) is 5.69. The molecule has 2 saturated heterocycles. The van der Waals surface area contributed by atoms with E-state index in [1.807, 2.05) is 4.90 Å². The maximum absolute atomic E-state index is 12.8. The van der Waals surface area contributed by atoms with Crippen LogP contribution in [0.4, 0.5) is 0 Å². The lowest BCUT2D eigenvalue weighted by Gasteiger charge is -2.39. The lowest BCUT2D eigenvalue weighted by atomic mass is 9.77. The molecule has 148 valence electrons. The minimum Gasteiger partial charge on any atom is -0.468 e. The zero-order chi connectivity index (χ0) is 19.6. The number of methoxy groups -OCH3 is 1. The average molecular weight is 394 g/mol. The first-order valence-electron chi connectivity index (χ1n) is 9.17. The van der Waals surface area contributed by atoms with Crippen LogP contribution in [0.2, 0.25) is 0 Å². The molecule has 8 nitrogen and oxygen atoms in total. The Hall–Kier alpha value is -2.16. The number of rotatable bonds is 3. The van der Waals surface area contributed by atoms with Gasteiger partial charge in [0.15, 0.2) is 5.11 Å². The summed E-state index contributed by atoms with van der Waals surface area (Å²) in [6.45, 7) is 6.82. The van der Waals surface area contributed by atoms with Crippen molar-refractivity contribution in [3.8, 4) is 0 Å². The maximum atomic E-state index is 12.8. The van der Waals surface area contributed by atoms with Crippen LogP contribution in [0.3, 0.4) is 0 Å². The molecule has 2 aliphatic heterocycles. The summed E-state index contributed by atoms with van der Waals surface area (Å²) in [7, 11) is 1.36. The zero-order valence-electron chi connectivity index (χ0n) is 16.0. The zero-order valence-corrected chi connectivity index (χ0v) is 16.9. The van der Waals surface area contributed by atoms with Gasteiger partial charge in [0.2, 0.25) is 0 Å². The molecule has 1 amide bonds. The number of carbonyl (C=O) groups excluding carboxylic acids is 2. The highest BCUT2D eigenvalue weighted by molar-refractivity contribution is 7.80. The Morgan fingerprint density at radius 1 is 1.22 bits per heavy atom. The first-order chi connectivity index (χ1) is 12.8. The Morgan fingerprint density at radius 2 is 1.85 bits per heavy atom. The van der Waals surface area contributed by atoms with E-state index in [4.69, 9.17) is 16.7 Å². The van der Waals surface area contributed by atoms with Crippen molar-refractivity contribution in [3.63, 3.8) is 0 Å². The molecule has 0 radical (unpaired) electrons. The number of thiocarbonyl (C=S) groups is 1. The summed E-state index contributed by atoms with van der Waals surface area (Å²) in [5.74, 6) is 0.246. The molecule has 1 N–H and O–H groups in total. The first-order valence-corrected chi connectivity index (χ1v) is 9.58. The Morgan fingerprint density at radius 3 is 2.41 bits per heavy atom. The van der Waals surface area contributed by atoms with Crippen molar-refractivity contribution in [2.24, 2.45) is 5.41 Å². The van der Waals surface area contributed by atoms with Crippen LogP contribution < -0.4 is 5.32 Å². The lowest BCUT2D eigenvalue weighted by Crippen LogP contribution is -2.46. The van der Waals surface area contributed by atoms with E-state index in [0.717, 1.165) is 45.4 Å². The van der Waals surface area contributed by atoms with E-state index in [-0.39, 0.29) is 23.8 Å². The van der Waals surface area contributed by atoms with E-state index < -0.39 is 0 Å². The fourth-order valence-electron chi connectivity index (χ4n) is 3.98. The van der Waals surface area contributed by atoms with Crippen molar-refractivity contribution in [1.29, 1.82) is 0 Å². The fourth-order valence-corrected chi connectivity index (χ4v) is 4.21. The van der Waals surface area contributed by atoms with Crippen LogP contribution in [-0.2, 0) is 9.53 Å². The number of amides is 1. The summed E-state index contributed by atoms with van der Waals surface area (Å²) in [5.41, 5.74) is 1.41. The summed E-state index contributed by atoms with van der Waals surface area (Å²) in [4.78, 5) is 28.1. The molecule has 1 aromatic heterocycles. The molecule has 0 aliphatic carbocycles. The van der Waals surface area contributed by atoms with Gasteiger partial charge in [0, 0.05) is 26.2 Å². The molecule has 1 aromatic rings. The number of piperidine rings is 1. The predicted octanol–water partition coefficient (Wildman–Crippen LogP) is 1.27. The molecule has 9 heteroatoms. The summed E-state index contributed by atoms with van der Waals surface area (Å²) in [5, 5.41) is 7.43. The number of nitrogens with one attached hydrogen (secondary N) is 1. The largest absolute Gasteiger partial charge is 0.468 e. The van der Waals surface area contributed by atoms with Crippen LogP contribution in [0, 0.1) is 19.3 Å². The van der Waals surface area contributed by atoms with Crippen LogP contribution in [-0.4, -0.2) is 71.8 Å². The normalized spacial score (nSPS) is 18.6. The summed E-state index contributed by atoms with van der Waals surface area (Å²) in [6, 6.07) is 0. The Bertz CT molecular complexity index is 720. The van der Waals surface area contributed by atoms with Gasteiger partial charge in [-0.25, -0.2) is 0 Å². The number of ether oxygens (including phenoxy) is 1. The van der Waals surface area contributed by atoms with Gasteiger partial charge >= 0.3 is 5.97 Å². The van der Waals surface area contributed by atoms with Gasteiger partial charge in [-0.3, -0.25) is 9.59 Å². The van der Waals surface area contributed by atoms with E-state index in [2.05, 4.69) is 20.1 Å². The van der Waals surface area contributed by atoms with Crippen LogP contribution in [0.5, 0.6) is 0 Å². The molecule has 27 heavy (non-hydrogen) atoms. The predicted molar refractivity (Wildman–Crippen MR) is 102 cm³/mol. The monoisotopic (exact) mass is 394 g/mol. The highest BCUT2D eigenvalue weighted by atomic mass is 32.1. The maximum Gasteiger partial charge on any atom is 0.325 e. The van der Waals surface area contributed by atoms with Crippen molar-refractivity contribution in [3.05, 3.63) is 17.0 Å². The standard InChI is InChI=1S/C18H26N4O4S/c1-12-15(13(2)26-20-12)16(24)21-7-4-18(5-8-21)6-9-22(11-18)17(27)19-10-14(23)25-3/h4-11H2,1-3H3,(H,19,27). The quantitative estimate of drug-likeness (QED) is 0.606. The second-order valence-corrected chi connectivity index (χ2v) is 7.78. The number of carbonyl (C=O) groups is 2. The summed E-state index contributed by atoms with van der Waals surface area (Å²) < 4.78 is 9.76. The molecule has 0 bridgehead atoms. The van der Waals surface area contributed by atoms with Gasteiger partial charge in [-0.05, 0) is 50.7 Å². The summed E-state index contributed by atoms with van der Waals surface area (Å²) >= 11 is 5.41. The number of hydrogen-bond acceptors (Lipinski definition) is 6. The molecule has 3 rings (SSSR count).